The smallest absolute Gasteiger partial charge is 0.223 e. The number of rotatable bonds is 3. The lowest BCUT2D eigenvalue weighted by Gasteiger charge is -2.38. The normalized spacial score (nSPS) is 24.0. The monoisotopic (exact) mass is 247 g/mol. The first-order chi connectivity index (χ1) is 8.68. The molecule has 1 aromatic carbocycles. The van der Waals surface area contributed by atoms with E-state index in [2.05, 4.69) is 26.0 Å². The number of aryl methyl sites for hydroxylation is 1. The van der Waals surface area contributed by atoms with Gasteiger partial charge in [-0.15, -0.1) is 0 Å². The van der Waals surface area contributed by atoms with Crippen LogP contribution in [0.1, 0.15) is 25.8 Å². The molecular formula is C15H21NO2. The number of morpholine rings is 1. The highest BCUT2D eigenvalue weighted by Crippen LogP contribution is 2.15. The Kier molecular flexibility index (Phi) is 4.37. The highest BCUT2D eigenvalue weighted by atomic mass is 16.5. The summed E-state index contributed by atoms with van der Waals surface area (Å²) in [6.07, 6.45) is 1.40. The van der Waals surface area contributed by atoms with Crippen molar-refractivity contribution in [3.05, 3.63) is 35.9 Å². The van der Waals surface area contributed by atoms with Crippen LogP contribution in [0.3, 0.4) is 0 Å². The van der Waals surface area contributed by atoms with Crippen LogP contribution >= 0.6 is 0 Å². The third-order valence-corrected chi connectivity index (χ3v) is 3.43. The fourth-order valence-corrected chi connectivity index (χ4v) is 2.52. The van der Waals surface area contributed by atoms with E-state index in [1.54, 1.807) is 0 Å². The lowest BCUT2D eigenvalue weighted by molar-refractivity contribution is -0.144. The first-order valence-corrected chi connectivity index (χ1v) is 6.61. The summed E-state index contributed by atoms with van der Waals surface area (Å²) in [5, 5.41) is 0. The maximum absolute atomic E-state index is 12.3. The van der Waals surface area contributed by atoms with E-state index in [0.717, 1.165) is 6.42 Å². The molecule has 0 spiro atoms. The molecule has 1 heterocycles. The Hall–Kier alpha value is -1.35. The van der Waals surface area contributed by atoms with Gasteiger partial charge in [-0.25, -0.2) is 0 Å². The van der Waals surface area contributed by atoms with Gasteiger partial charge < -0.3 is 9.64 Å². The molecule has 98 valence electrons. The lowest BCUT2D eigenvalue weighted by atomic mass is 10.1. The van der Waals surface area contributed by atoms with Crippen molar-refractivity contribution in [2.45, 2.75) is 38.8 Å². The van der Waals surface area contributed by atoms with Crippen molar-refractivity contribution < 1.29 is 9.53 Å². The quantitative estimate of drug-likeness (QED) is 0.820. The van der Waals surface area contributed by atoms with Crippen molar-refractivity contribution in [1.82, 2.24) is 4.90 Å². The van der Waals surface area contributed by atoms with E-state index in [0.29, 0.717) is 19.6 Å². The summed E-state index contributed by atoms with van der Waals surface area (Å²) in [5.74, 6) is 0.238. The van der Waals surface area contributed by atoms with Gasteiger partial charge in [0.2, 0.25) is 5.91 Å². The second kappa shape index (κ2) is 6.01. The van der Waals surface area contributed by atoms with Crippen LogP contribution < -0.4 is 0 Å². The average molecular weight is 247 g/mol. The lowest BCUT2D eigenvalue weighted by Crippen LogP contribution is -2.52. The number of amides is 1. The molecule has 0 bridgehead atoms. The number of hydrogen-bond acceptors (Lipinski definition) is 2. The highest BCUT2D eigenvalue weighted by Gasteiger charge is 2.28. The number of nitrogens with zero attached hydrogens (tertiary/aromatic N) is 1. The Morgan fingerprint density at radius 1 is 1.22 bits per heavy atom. The van der Waals surface area contributed by atoms with Crippen LogP contribution in [0.25, 0.3) is 0 Å². The first kappa shape index (κ1) is 13.1. The zero-order valence-corrected chi connectivity index (χ0v) is 11.1. The number of ether oxygens (including phenoxy) is 1. The Morgan fingerprint density at radius 3 is 2.44 bits per heavy atom. The Balaban J connectivity index is 1.91. The standard InChI is InChI=1S/C15H21NO2/c1-12-10-18-11-13(2)16(12)15(17)9-8-14-6-4-3-5-7-14/h3-7,12-13H,8-11H2,1-2H3/t12-,13-/m1/s1. The van der Waals surface area contributed by atoms with Crippen LogP contribution in [0.2, 0.25) is 0 Å². The third-order valence-electron chi connectivity index (χ3n) is 3.43. The minimum Gasteiger partial charge on any atom is -0.377 e. The summed E-state index contributed by atoms with van der Waals surface area (Å²) in [4.78, 5) is 14.2. The molecule has 1 saturated heterocycles. The van der Waals surface area contributed by atoms with Gasteiger partial charge in [0.15, 0.2) is 0 Å². The molecule has 0 aromatic heterocycles. The maximum Gasteiger partial charge on any atom is 0.223 e. The minimum absolute atomic E-state index is 0.192. The van der Waals surface area contributed by atoms with Crippen molar-refractivity contribution in [3.63, 3.8) is 0 Å². The van der Waals surface area contributed by atoms with Crippen LogP contribution in [0.5, 0.6) is 0 Å². The van der Waals surface area contributed by atoms with Crippen molar-refractivity contribution in [2.24, 2.45) is 0 Å². The Labute approximate surface area is 109 Å². The molecule has 1 amide bonds. The van der Waals surface area contributed by atoms with E-state index >= 15 is 0 Å². The van der Waals surface area contributed by atoms with E-state index < -0.39 is 0 Å². The molecule has 0 aliphatic carbocycles. The van der Waals surface area contributed by atoms with Crippen LogP contribution in [0.15, 0.2) is 30.3 Å². The van der Waals surface area contributed by atoms with Gasteiger partial charge in [-0.1, -0.05) is 30.3 Å². The second-order valence-electron chi connectivity index (χ2n) is 5.02. The van der Waals surface area contributed by atoms with Crippen molar-refractivity contribution >= 4 is 5.91 Å². The first-order valence-electron chi connectivity index (χ1n) is 6.61. The highest BCUT2D eigenvalue weighted by molar-refractivity contribution is 5.77. The molecule has 3 nitrogen and oxygen atoms in total. The molecule has 0 unspecified atom stereocenters. The van der Waals surface area contributed by atoms with Crippen LogP contribution in [0, 0.1) is 0 Å². The predicted octanol–water partition coefficient (Wildman–Crippen LogP) is 2.25. The summed E-state index contributed by atoms with van der Waals surface area (Å²) in [6.45, 7) is 5.41. The third kappa shape index (κ3) is 3.10. The van der Waals surface area contributed by atoms with Gasteiger partial charge in [0, 0.05) is 6.42 Å². The summed E-state index contributed by atoms with van der Waals surface area (Å²) >= 11 is 0. The van der Waals surface area contributed by atoms with Gasteiger partial charge >= 0.3 is 0 Å². The molecule has 3 heteroatoms. The molecule has 2 rings (SSSR count). The predicted molar refractivity (Wildman–Crippen MR) is 71.4 cm³/mol. The van der Waals surface area contributed by atoms with Gasteiger partial charge in [-0.3, -0.25) is 4.79 Å². The number of benzene rings is 1. The summed E-state index contributed by atoms with van der Waals surface area (Å²) in [5.41, 5.74) is 1.22. The minimum atomic E-state index is 0.192. The molecular weight excluding hydrogens is 226 g/mol. The number of hydrogen-bond donors (Lipinski definition) is 0. The van der Waals surface area contributed by atoms with Gasteiger partial charge in [0.05, 0.1) is 25.3 Å². The van der Waals surface area contributed by atoms with E-state index in [-0.39, 0.29) is 18.0 Å². The Bertz CT molecular complexity index is 381. The zero-order valence-electron chi connectivity index (χ0n) is 11.1. The summed E-state index contributed by atoms with van der Waals surface area (Å²) in [7, 11) is 0. The van der Waals surface area contributed by atoms with E-state index in [1.807, 2.05) is 23.1 Å². The molecule has 0 N–H and O–H groups in total. The molecule has 0 radical (unpaired) electrons. The van der Waals surface area contributed by atoms with Gasteiger partial charge in [-0.2, -0.15) is 0 Å². The van der Waals surface area contributed by atoms with Gasteiger partial charge in [0.1, 0.15) is 0 Å². The van der Waals surface area contributed by atoms with Crippen LogP contribution in [0.4, 0.5) is 0 Å². The van der Waals surface area contributed by atoms with E-state index in [1.165, 1.54) is 5.56 Å². The number of carbonyl (C=O) groups excluding carboxylic acids is 1. The summed E-state index contributed by atoms with van der Waals surface area (Å²) in [6, 6.07) is 10.5. The molecule has 1 aliphatic heterocycles. The maximum atomic E-state index is 12.3. The molecule has 1 aliphatic rings. The molecule has 1 fully saturated rings. The largest absolute Gasteiger partial charge is 0.377 e. The fourth-order valence-electron chi connectivity index (χ4n) is 2.52. The second-order valence-corrected chi connectivity index (χ2v) is 5.02. The average Bonchev–Trinajstić information content (AvgIpc) is 2.37. The molecule has 1 aromatic rings. The van der Waals surface area contributed by atoms with Gasteiger partial charge in [0.25, 0.3) is 0 Å². The number of carbonyl (C=O) groups is 1. The molecule has 2 atom stereocenters. The topological polar surface area (TPSA) is 29.5 Å². The fraction of sp³-hybridized carbons (Fsp3) is 0.533. The van der Waals surface area contributed by atoms with E-state index in [9.17, 15) is 4.79 Å². The van der Waals surface area contributed by atoms with Crippen molar-refractivity contribution in [2.75, 3.05) is 13.2 Å². The molecule has 0 saturated carbocycles. The van der Waals surface area contributed by atoms with E-state index in [4.69, 9.17) is 4.74 Å². The van der Waals surface area contributed by atoms with Crippen LogP contribution in [-0.2, 0) is 16.0 Å². The zero-order chi connectivity index (χ0) is 13.0. The van der Waals surface area contributed by atoms with Crippen LogP contribution in [-0.4, -0.2) is 36.1 Å². The van der Waals surface area contributed by atoms with Crippen molar-refractivity contribution in [3.8, 4) is 0 Å². The van der Waals surface area contributed by atoms with Gasteiger partial charge in [-0.05, 0) is 25.8 Å². The van der Waals surface area contributed by atoms with Crippen molar-refractivity contribution in [1.29, 1.82) is 0 Å². The summed E-state index contributed by atoms with van der Waals surface area (Å²) < 4.78 is 5.44. The SMILES string of the molecule is C[C@@H]1COC[C@@H](C)N1C(=O)CCc1ccccc1. The Morgan fingerprint density at radius 2 is 1.83 bits per heavy atom. The molecule has 18 heavy (non-hydrogen) atoms.